The molecule has 2 amide bonds. The summed E-state index contributed by atoms with van der Waals surface area (Å²) in [7, 11) is 0. The first-order chi connectivity index (χ1) is 14.8. The lowest BCUT2D eigenvalue weighted by molar-refractivity contribution is -0.121. The molecule has 3 rings (SSSR count). The zero-order chi connectivity index (χ0) is 22.5. The molecule has 1 N–H and O–H groups in total. The van der Waals surface area contributed by atoms with E-state index in [1.54, 1.807) is 18.2 Å². The van der Waals surface area contributed by atoms with Gasteiger partial charge in [-0.25, -0.2) is 4.79 Å². The van der Waals surface area contributed by atoms with Crippen LogP contribution in [0.3, 0.4) is 0 Å². The molecule has 1 unspecified atom stereocenters. The van der Waals surface area contributed by atoms with Crippen LogP contribution in [0.15, 0.2) is 41.3 Å². The number of ether oxygens (including phenoxy) is 1. The van der Waals surface area contributed by atoms with Gasteiger partial charge in [-0.15, -0.1) is 11.8 Å². The fourth-order valence-electron chi connectivity index (χ4n) is 3.29. The number of anilines is 2. The fourth-order valence-corrected chi connectivity index (χ4v) is 4.22. The minimum absolute atomic E-state index is 0.125. The summed E-state index contributed by atoms with van der Waals surface area (Å²) in [6.45, 7) is 5.42. The third-order valence-electron chi connectivity index (χ3n) is 4.74. The van der Waals surface area contributed by atoms with E-state index in [1.165, 1.54) is 16.7 Å². The van der Waals surface area contributed by atoms with Crippen molar-refractivity contribution in [3.8, 4) is 6.07 Å². The molecule has 1 aliphatic rings. The number of hydrogen-bond donors (Lipinski definition) is 1. The lowest BCUT2D eigenvalue weighted by Gasteiger charge is -2.23. The normalized spacial score (nSPS) is 14.8. The average molecular weight is 438 g/mol. The first-order valence-corrected chi connectivity index (χ1v) is 10.7. The zero-order valence-corrected chi connectivity index (χ0v) is 18.4. The monoisotopic (exact) mass is 437 g/mol. The minimum atomic E-state index is -0.658. The van der Waals surface area contributed by atoms with Crippen LogP contribution in [0, 0.1) is 25.2 Å². The van der Waals surface area contributed by atoms with Crippen LogP contribution in [-0.4, -0.2) is 36.2 Å². The maximum absolute atomic E-state index is 12.8. The Morgan fingerprint density at radius 1 is 1.19 bits per heavy atom. The molecule has 0 spiro atoms. The highest BCUT2D eigenvalue weighted by Gasteiger charge is 2.24. The molecular weight excluding hydrogens is 414 g/mol. The van der Waals surface area contributed by atoms with Crippen molar-refractivity contribution in [2.24, 2.45) is 0 Å². The fraction of sp³-hybridized carbons (Fsp3) is 0.304. The summed E-state index contributed by atoms with van der Waals surface area (Å²) < 4.78 is 5.24. The van der Waals surface area contributed by atoms with Crippen molar-refractivity contribution >= 4 is 40.9 Å². The first kappa shape index (κ1) is 22.4. The average Bonchev–Trinajstić information content (AvgIpc) is 2.72. The van der Waals surface area contributed by atoms with Gasteiger partial charge in [0.2, 0.25) is 5.91 Å². The number of benzene rings is 2. The Morgan fingerprint density at radius 3 is 2.58 bits per heavy atom. The maximum Gasteiger partial charge on any atom is 0.338 e. The van der Waals surface area contributed by atoms with E-state index in [1.807, 2.05) is 45.0 Å². The van der Waals surface area contributed by atoms with Gasteiger partial charge < -0.3 is 15.0 Å². The van der Waals surface area contributed by atoms with Crippen LogP contribution < -0.4 is 10.2 Å². The number of rotatable bonds is 6. The molecule has 31 heavy (non-hydrogen) atoms. The van der Waals surface area contributed by atoms with Crippen molar-refractivity contribution < 1.29 is 19.1 Å². The van der Waals surface area contributed by atoms with Crippen LogP contribution in [0.25, 0.3) is 0 Å². The molecule has 0 aliphatic carbocycles. The van der Waals surface area contributed by atoms with E-state index >= 15 is 0 Å². The number of nitrogens with one attached hydrogen (secondary N) is 1. The third kappa shape index (κ3) is 5.44. The molecule has 0 radical (unpaired) electrons. The van der Waals surface area contributed by atoms with Gasteiger partial charge in [0.25, 0.3) is 5.91 Å². The van der Waals surface area contributed by atoms with Crippen molar-refractivity contribution in [3.05, 3.63) is 53.1 Å². The number of thioether (sulfide) groups is 1. The van der Waals surface area contributed by atoms with E-state index in [-0.39, 0.29) is 29.7 Å². The number of carbonyl (C=O) groups is 3. The molecule has 0 bridgehead atoms. The van der Waals surface area contributed by atoms with Crippen molar-refractivity contribution in [2.75, 3.05) is 23.4 Å². The molecule has 0 saturated heterocycles. The summed E-state index contributed by atoms with van der Waals surface area (Å²) in [6.07, 6.45) is 0.160. The second-order valence-electron chi connectivity index (χ2n) is 7.34. The molecule has 0 saturated carbocycles. The van der Waals surface area contributed by atoms with Gasteiger partial charge in [-0.05, 0) is 62.2 Å². The summed E-state index contributed by atoms with van der Waals surface area (Å²) in [6, 6.07) is 12.7. The van der Waals surface area contributed by atoms with Crippen LogP contribution >= 0.6 is 11.8 Å². The van der Waals surface area contributed by atoms with Crippen LogP contribution in [0.4, 0.5) is 11.4 Å². The molecule has 1 heterocycles. The molecule has 8 heteroatoms. The van der Waals surface area contributed by atoms with E-state index in [9.17, 15) is 14.4 Å². The highest BCUT2D eigenvalue weighted by atomic mass is 32.2. The zero-order valence-electron chi connectivity index (χ0n) is 17.6. The van der Waals surface area contributed by atoms with E-state index in [2.05, 4.69) is 5.32 Å². The number of hydrogen-bond acceptors (Lipinski definition) is 6. The Hall–Kier alpha value is -3.31. The lowest BCUT2D eigenvalue weighted by Crippen LogP contribution is -2.35. The number of nitrogens with zero attached hydrogens (tertiary/aromatic N) is 2. The van der Waals surface area contributed by atoms with Crippen LogP contribution in [0.5, 0.6) is 0 Å². The molecule has 0 aromatic heterocycles. The summed E-state index contributed by atoms with van der Waals surface area (Å²) in [5, 5.41) is 11.5. The number of fused-ring (bicyclic) bond motifs is 1. The Kier molecular flexibility index (Phi) is 6.98. The number of carbonyl (C=O) groups excluding carboxylic acids is 3. The van der Waals surface area contributed by atoms with Crippen LogP contribution in [0.1, 0.15) is 34.8 Å². The highest BCUT2D eigenvalue weighted by molar-refractivity contribution is 8.00. The van der Waals surface area contributed by atoms with Gasteiger partial charge in [0.1, 0.15) is 0 Å². The molecule has 2 aromatic rings. The van der Waals surface area contributed by atoms with Crippen LogP contribution in [-0.2, 0) is 14.3 Å². The number of aryl methyl sites for hydroxylation is 2. The standard InChI is InChI=1S/C23H23N3O4S/c1-14-9-15(2)11-18(10-14)26(8-4-7-24)21(27)13-30-23(29)17-5-6-20-19(12-17)25-22(28)16(3)31-20/h5-6,9-12,16H,4,8,13H2,1-3H3,(H,25,28). The molecule has 2 aromatic carbocycles. The summed E-state index contributed by atoms with van der Waals surface area (Å²) in [5.74, 6) is -1.20. The summed E-state index contributed by atoms with van der Waals surface area (Å²) in [5.41, 5.74) is 3.45. The topological polar surface area (TPSA) is 99.5 Å². The maximum atomic E-state index is 12.8. The molecule has 1 aliphatic heterocycles. The number of amides is 2. The van der Waals surface area contributed by atoms with E-state index in [4.69, 9.17) is 10.00 Å². The largest absolute Gasteiger partial charge is 0.452 e. The third-order valence-corrected chi connectivity index (χ3v) is 5.92. The molecule has 160 valence electrons. The summed E-state index contributed by atoms with van der Waals surface area (Å²) in [4.78, 5) is 39.5. The van der Waals surface area contributed by atoms with Gasteiger partial charge in [0, 0.05) is 17.1 Å². The second kappa shape index (κ2) is 9.67. The smallest absolute Gasteiger partial charge is 0.338 e. The van der Waals surface area contributed by atoms with E-state index < -0.39 is 18.5 Å². The Balaban J connectivity index is 1.70. The number of nitriles is 1. The quantitative estimate of drug-likeness (QED) is 0.690. The van der Waals surface area contributed by atoms with Crippen molar-refractivity contribution in [1.29, 1.82) is 5.26 Å². The van der Waals surface area contributed by atoms with E-state index in [0.29, 0.717) is 11.4 Å². The first-order valence-electron chi connectivity index (χ1n) is 9.83. The highest BCUT2D eigenvalue weighted by Crippen LogP contribution is 2.36. The Bertz CT molecular complexity index is 1060. The predicted molar refractivity (Wildman–Crippen MR) is 119 cm³/mol. The molecule has 0 fully saturated rings. The molecule has 1 atom stereocenters. The minimum Gasteiger partial charge on any atom is -0.452 e. The predicted octanol–water partition coefficient (Wildman–Crippen LogP) is 3.84. The van der Waals surface area contributed by atoms with Gasteiger partial charge in [0.05, 0.1) is 29.0 Å². The van der Waals surface area contributed by atoms with Crippen molar-refractivity contribution in [1.82, 2.24) is 0 Å². The Labute approximate surface area is 185 Å². The second-order valence-corrected chi connectivity index (χ2v) is 8.72. The molecule has 7 nitrogen and oxygen atoms in total. The lowest BCUT2D eigenvalue weighted by atomic mass is 10.1. The SMILES string of the molecule is Cc1cc(C)cc(N(CCC#N)C(=O)COC(=O)c2ccc3c(c2)NC(=O)C(C)S3)c1. The van der Waals surface area contributed by atoms with Crippen LogP contribution in [0.2, 0.25) is 0 Å². The van der Waals surface area contributed by atoms with Gasteiger partial charge in [0.15, 0.2) is 6.61 Å². The Morgan fingerprint density at radius 2 is 1.90 bits per heavy atom. The van der Waals surface area contributed by atoms with Gasteiger partial charge in [-0.3, -0.25) is 9.59 Å². The van der Waals surface area contributed by atoms with E-state index in [0.717, 1.165) is 16.0 Å². The van der Waals surface area contributed by atoms with Crippen molar-refractivity contribution in [2.45, 2.75) is 37.3 Å². The molecular formula is C23H23N3O4S. The number of esters is 1. The van der Waals surface area contributed by atoms with Gasteiger partial charge in [-0.2, -0.15) is 5.26 Å². The van der Waals surface area contributed by atoms with Gasteiger partial charge in [-0.1, -0.05) is 6.07 Å². The van der Waals surface area contributed by atoms with Gasteiger partial charge >= 0.3 is 5.97 Å². The summed E-state index contributed by atoms with van der Waals surface area (Å²) >= 11 is 1.42. The van der Waals surface area contributed by atoms with Crippen molar-refractivity contribution in [3.63, 3.8) is 0 Å².